The van der Waals surface area contributed by atoms with E-state index >= 15 is 0 Å². The Kier molecular flexibility index (Phi) is 4.75. The van der Waals surface area contributed by atoms with Crippen LogP contribution in [0.2, 0.25) is 0 Å². The van der Waals surface area contributed by atoms with E-state index in [1.165, 1.54) is 0 Å². The minimum atomic E-state index is -0.551. The third-order valence-corrected chi connectivity index (χ3v) is 2.91. The Morgan fingerprint density at radius 1 is 1.44 bits per heavy atom. The third-order valence-electron chi connectivity index (χ3n) is 2.91. The molecule has 0 spiro atoms. The Morgan fingerprint density at radius 3 is 2.67 bits per heavy atom. The first kappa shape index (κ1) is 14.5. The molecule has 1 aromatic rings. The predicted molar refractivity (Wildman–Crippen MR) is 71.3 cm³/mol. The number of aliphatic hydroxyl groups is 1. The Labute approximate surface area is 109 Å². The Morgan fingerprint density at radius 2 is 2.11 bits per heavy atom. The van der Waals surface area contributed by atoms with E-state index in [0.29, 0.717) is 18.8 Å². The normalized spacial score (nSPS) is 12.9. The van der Waals surface area contributed by atoms with Gasteiger partial charge >= 0.3 is 0 Å². The van der Waals surface area contributed by atoms with Gasteiger partial charge in [-0.05, 0) is 45.7 Å². The third kappa shape index (κ3) is 4.05. The second-order valence-corrected chi connectivity index (χ2v) is 5.31. The SMILES string of the molecule is Cc1ccc(C(C)O)c(OCCC(C)(C)C#N)c1. The molecule has 0 radical (unpaired) electrons. The van der Waals surface area contributed by atoms with Crippen LogP contribution in [0.25, 0.3) is 0 Å². The summed E-state index contributed by atoms with van der Waals surface area (Å²) in [6, 6.07) is 8.00. The van der Waals surface area contributed by atoms with Crippen LogP contribution in [0.1, 0.15) is 44.4 Å². The van der Waals surface area contributed by atoms with Crippen LogP contribution in [0.3, 0.4) is 0 Å². The van der Waals surface area contributed by atoms with Crippen molar-refractivity contribution in [2.75, 3.05) is 6.61 Å². The van der Waals surface area contributed by atoms with Gasteiger partial charge in [-0.2, -0.15) is 5.26 Å². The molecule has 0 bridgehead atoms. The van der Waals surface area contributed by atoms with Crippen molar-refractivity contribution in [2.24, 2.45) is 5.41 Å². The average Bonchev–Trinajstić information content (AvgIpc) is 2.28. The molecule has 0 saturated heterocycles. The summed E-state index contributed by atoms with van der Waals surface area (Å²) in [5.74, 6) is 0.707. The molecule has 3 heteroatoms. The Bertz CT molecular complexity index is 444. The maximum Gasteiger partial charge on any atom is 0.125 e. The second kappa shape index (κ2) is 5.88. The number of aryl methyl sites for hydroxylation is 1. The van der Waals surface area contributed by atoms with Crippen LogP contribution < -0.4 is 4.74 Å². The summed E-state index contributed by atoms with van der Waals surface area (Å²) in [6.45, 7) is 7.96. The first-order valence-corrected chi connectivity index (χ1v) is 6.18. The summed E-state index contributed by atoms with van der Waals surface area (Å²) in [4.78, 5) is 0. The van der Waals surface area contributed by atoms with Crippen molar-refractivity contribution in [3.63, 3.8) is 0 Å². The van der Waals surface area contributed by atoms with E-state index in [-0.39, 0.29) is 5.41 Å². The molecule has 0 fully saturated rings. The number of aliphatic hydroxyl groups excluding tert-OH is 1. The summed E-state index contributed by atoms with van der Waals surface area (Å²) in [7, 11) is 0. The molecular formula is C15H21NO2. The molecular weight excluding hydrogens is 226 g/mol. The van der Waals surface area contributed by atoms with E-state index in [1.54, 1.807) is 6.92 Å². The minimum Gasteiger partial charge on any atom is -0.493 e. The van der Waals surface area contributed by atoms with Gasteiger partial charge in [0.1, 0.15) is 5.75 Å². The van der Waals surface area contributed by atoms with E-state index < -0.39 is 6.10 Å². The van der Waals surface area contributed by atoms with Crippen LogP contribution >= 0.6 is 0 Å². The molecule has 1 unspecified atom stereocenters. The van der Waals surface area contributed by atoms with Gasteiger partial charge in [0.05, 0.1) is 24.2 Å². The lowest BCUT2D eigenvalue weighted by Gasteiger charge is -2.18. The van der Waals surface area contributed by atoms with Gasteiger partial charge in [-0.15, -0.1) is 0 Å². The number of nitriles is 1. The molecule has 0 aliphatic heterocycles. The largest absolute Gasteiger partial charge is 0.493 e. The monoisotopic (exact) mass is 247 g/mol. The fourth-order valence-electron chi connectivity index (χ4n) is 1.58. The zero-order valence-corrected chi connectivity index (χ0v) is 11.5. The van der Waals surface area contributed by atoms with E-state index in [0.717, 1.165) is 11.1 Å². The summed E-state index contributed by atoms with van der Waals surface area (Å²) >= 11 is 0. The standard InChI is InChI=1S/C15H21NO2/c1-11-5-6-13(12(2)17)14(9-11)18-8-7-15(3,4)10-16/h5-6,9,12,17H,7-8H2,1-4H3. The first-order valence-electron chi connectivity index (χ1n) is 6.18. The highest BCUT2D eigenvalue weighted by atomic mass is 16.5. The van der Waals surface area contributed by atoms with Crippen LogP contribution in [0.4, 0.5) is 0 Å². The maximum absolute atomic E-state index is 9.67. The predicted octanol–water partition coefficient (Wildman–Crippen LogP) is 3.37. The van der Waals surface area contributed by atoms with Gasteiger partial charge in [0.2, 0.25) is 0 Å². The molecule has 0 amide bonds. The molecule has 3 nitrogen and oxygen atoms in total. The van der Waals surface area contributed by atoms with Crippen molar-refractivity contribution in [1.82, 2.24) is 0 Å². The van der Waals surface area contributed by atoms with Gasteiger partial charge in [-0.25, -0.2) is 0 Å². The first-order chi connectivity index (χ1) is 8.35. The van der Waals surface area contributed by atoms with Crippen LogP contribution in [0.5, 0.6) is 5.75 Å². The average molecular weight is 247 g/mol. The summed E-state index contributed by atoms with van der Waals surface area (Å²) in [5, 5.41) is 18.6. The fraction of sp³-hybridized carbons (Fsp3) is 0.533. The van der Waals surface area contributed by atoms with E-state index in [4.69, 9.17) is 10.00 Å². The number of hydrogen-bond acceptors (Lipinski definition) is 3. The minimum absolute atomic E-state index is 0.380. The van der Waals surface area contributed by atoms with Crippen LogP contribution in [-0.4, -0.2) is 11.7 Å². The van der Waals surface area contributed by atoms with Crippen LogP contribution in [-0.2, 0) is 0 Å². The molecule has 0 aromatic heterocycles. The molecule has 98 valence electrons. The number of nitrogens with zero attached hydrogens (tertiary/aromatic N) is 1. The molecule has 0 aliphatic rings. The summed E-state index contributed by atoms with van der Waals surface area (Å²) in [5.41, 5.74) is 1.50. The highest BCUT2D eigenvalue weighted by molar-refractivity contribution is 5.38. The molecule has 1 aromatic carbocycles. The Hall–Kier alpha value is -1.53. The van der Waals surface area contributed by atoms with Crippen molar-refractivity contribution in [1.29, 1.82) is 5.26 Å². The zero-order valence-electron chi connectivity index (χ0n) is 11.5. The van der Waals surface area contributed by atoms with Gasteiger partial charge in [0, 0.05) is 5.56 Å². The highest BCUT2D eigenvalue weighted by Crippen LogP contribution is 2.27. The van der Waals surface area contributed by atoms with E-state index in [1.807, 2.05) is 39.0 Å². The Balaban J connectivity index is 2.73. The summed E-state index contributed by atoms with van der Waals surface area (Å²) in [6.07, 6.45) is 0.112. The number of ether oxygens (including phenoxy) is 1. The highest BCUT2D eigenvalue weighted by Gasteiger charge is 2.17. The molecule has 18 heavy (non-hydrogen) atoms. The van der Waals surface area contributed by atoms with E-state index in [2.05, 4.69) is 6.07 Å². The lowest BCUT2D eigenvalue weighted by molar-refractivity contribution is 0.188. The molecule has 1 N–H and O–H groups in total. The van der Waals surface area contributed by atoms with Gasteiger partial charge in [0.15, 0.2) is 0 Å². The number of benzene rings is 1. The van der Waals surface area contributed by atoms with Gasteiger partial charge in [-0.1, -0.05) is 12.1 Å². The van der Waals surface area contributed by atoms with Gasteiger partial charge in [-0.3, -0.25) is 0 Å². The lowest BCUT2D eigenvalue weighted by atomic mass is 9.92. The molecule has 1 rings (SSSR count). The number of hydrogen-bond donors (Lipinski definition) is 1. The second-order valence-electron chi connectivity index (χ2n) is 5.31. The van der Waals surface area contributed by atoms with Crippen LogP contribution in [0.15, 0.2) is 18.2 Å². The maximum atomic E-state index is 9.67. The zero-order chi connectivity index (χ0) is 13.8. The smallest absolute Gasteiger partial charge is 0.125 e. The van der Waals surface area contributed by atoms with Gasteiger partial charge in [0.25, 0.3) is 0 Å². The van der Waals surface area contributed by atoms with Crippen molar-refractivity contribution in [3.05, 3.63) is 29.3 Å². The van der Waals surface area contributed by atoms with E-state index in [9.17, 15) is 5.11 Å². The molecule has 0 saturated carbocycles. The fourth-order valence-corrected chi connectivity index (χ4v) is 1.58. The van der Waals surface area contributed by atoms with Crippen molar-refractivity contribution >= 4 is 0 Å². The van der Waals surface area contributed by atoms with Crippen molar-refractivity contribution < 1.29 is 9.84 Å². The quantitative estimate of drug-likeness (QED) is 0.868. The molecule has 1 atom stereocenters. The van der Waals surface area contributed by atoms with Gasteiger partial charge < -0.3 is 9.84 Å². The summed E-state index contributed by atoms with van der Waals surface area (Å²) < 4.78 is 5.71. The topological polar surface area (TPSA) is 53.2 Å². The molecule has 0 heterocycles. The molecule has 0 aliphatic carbocycles. The van der Waals surface area contributed by atoms with Crippen molar-refractivity contribution in [3.8, 4) is 11.8 Å². The van der Waals surface area contributed by atoms with Crippen LogP contribution in [0, 0.1) is 23.7 Å². The lowest BCUT2D eigenvalue weighted by Crippen LogP contribution is -2.14. The number of rotatable bonds is 5. The van der Waals surface area contributed by atoms with Crippen molar-refractivity contribution in [2.45, 2.75) is 40.2 Å².